The van der Waals surface area contributed by atoms with Gasteiger partial charge in [-0.2, -0.15) is 0 Å². The largest absolute Gasteiger partial charge is 0.508 e. The molecule has 2 aromatic rings. The molecule has 0 radical (unpaired) electrons. The summed E-state index contributed by atoms with van der Waals surface area (Å²) in [5, 5.41) is 25.4. The van der Waals surface area contributed by atoms with E-state index in [9.17, 15) is 38.4 Å². The molecule has 6 rings (SSSR count). The summed E-state index contributed by atoms with van der Waals surface area (Å²) in [6.07, 6.45) is 9.57. The van der Waals surface area contributed by atoms with Crippen molar-refractivity contribution in [3.8, 4) is 11.5 Å². The molecule has 14 nitrogen and oxygen atoms in total. The molecule has 0 atom stereocenters. The Morgan fingerprint density at radius 1 is 0.310 bits per heavy atom. The summed E-state index contributed by atoms with van der Waals surface area (Å²) in [7, 11) is 0. The van der Waals surface area contributed by atoms with E-state index in [0.717, 1.165) is 0 Å². The summed E-state index contributed by atoms with van der Waals surface area (Å²) in [6, 6.07) is 17.4. The van der Waals surface area contributed by atoms with Crippen LogP contribution in [-0.2, 0) is 38.4 Å². The zero-order valence-electron chi connectivity index (χ0n) is 21.6. The van der Waals surface area contributed by atoms with Gasteiger partial charge >= 0.3 is 0 Å². The number of rotatable bonds is 0. The molecule has 6 N–H and O–H groups in total. The first-order valence-electron chi connectivity index (χ1n) is 11.5. The minimum Gasteiger partial charge on any atom is -0.508 e. The van der Waals surface area contributed by atoms with Gasteiger partial charge in [-0.05, 0) is 24.3 Å². The first kappa shape index (κ1) is 33.6. The number of phenolic OH excluding ortho intramolecular Hbond substituents is 2. The number of aromatic hydroxyl groups is 2. The highest BCUT2D eigenvalue weighted by molar-refractivity contribution is 6.14. The highest BCUT2D eigenvalue weighted by Gasteiger charge is 2.08. The van der Waals surface area contributed by atoms with Crippen molar-refractivity contribution < 1.29 is 48.6 Å². The Hall–Kier alpha value is -6.44. The molecule has 216 valence electrons. The van der Waals surface area contributed by atoms with Crippen molar-refractivity contribution in [1.82, 2.24) is 21.3 Å². The van der Waals surface area contributed by atoms with E-state index in [-0.39, 0.29) is 47.3 Å². The van der Waals surface area contributed by atoms with E-state index in [1.165, 1.54) is 48.6 Å². The predicted octanol–water partition coefficient (Wildman–Crippen LogP) is -0.420. The maximum Gasteiger partial charge on any atom is 0.250 e. The van der Waals surface area contributed by atoms with Gasteiger partial charge in [0.1, 0.15) is 11.5 Å². The van der Waals surface area contributed by atoms with Crippen LogP contribution in [0.5, 0.6) is 11.5 Å². The van der Waals surface area contributed by atoms with Gasteiger partial charge in [-0.3, -0.25) is 59.6 Å². The number of carbonyl (C=O) groups is 8. The number of benzene rings is 2. The van der Waals surface area contributed by atoms with Crippen molar-refractivity contribution in [2.24, 2.45) is 0 Å². The molecule has 0 fully saturated rings. The van der Waals surface area contributed by atoms with Gasteiger partial charge in [0, 0.05) is 48.6 Å². The standard InChI is InChI=1S/2C6H6O.4C4H3NO2/c2*7-6-4-2-1-3-5-6;4*6-3-1-2-4(7)5-3/h2*1-5,7H;4*1-2H,(H,5,6,7). The van der Waals surface area contributed by atoms with Crippen LogP contribution in [0.25, 0.3) is 0 Å². The third kappa shape index (κ3) is 17.1. The van der Waals surface area contributed by atoms with Crippen molar-refractivity contribution in [3.63, 3.8) is 0 Å². The molecule has 8 amide bonds. The number of imide groups is 4. The average molecular weight is 577 g/mol. The number of hydrogen-bond donors (Lipinski definition) is 6. The molecule has 4 aliphatic heterocycles. The fourth-order valence-electron chi connectivity index (χ4n) is 2.28. The zero-order valence-corrected chi connectivity index (χ0v) is 21.6. The van der Waals surface area contributed by atoms with Crippen molar-refractivity contribution in [2.45, 2.75) is 0 Å². The molecule has 14 heteroatoms. The fraction of sp³-hybridized carbons (Fsp3) is 0. The Balaban J connectivity index is 0.000000252. The Morgan fingerprint density at radius 3 is 0.548 bits per heavy atom. The third-order valence-electron chi connectivity index (χ3n) is 4.04. The van der Waals surface area contributed by atoms with Gasteiger partial charge in [0.2, 0.25) is 0 Å². The number of para-hydroxylation sites is 2. The molecule has 0 unspecified atom stereocenters. The predicted molar refractivity (Wildman–Crippen MR) is 145 cm³/mol. The lowest BCUT2D eigenvalue weighted by molar-refractivity contribution is -0.125. The van der Waals surface area contributed by atoms with E-state index < -0.39 is 0 Å². The smallest absolute Gasteiger partial charge is 0.250 e. The van der Waals surface area contributed by atoms with E-state index >= 15 is 0 Å². The third-order valence-corrected chi connectivity index (χ3v) is 4.04. The van der Waals surface area contributed by atoms with Gasteiger partial charge in [-0.15, -0.1) is 0 Å². The van der Waals surface area contributed by atoms with E-state index in [2.05, 4.69) is 0 Å². The number of carbonyl (C=O) groups excluding carboxylic acids is 8. The van der Waals surface area contributed by atoms with Gasteiger partial charge < -0.3 is 10.2 Å². The highest BCUT2D eigenvalue weighted by atomic mass is 16.3. The fourth-order valence-corrected chi connectivity index (χ4v) is 2.28. The lowest BCUT2D eigenvalue weighted by Crippen LogP contribution is -2.19. The Labute approximate surface area is 238 Å². The Kier molecular flexibility index (Phi) is 15.0. The molecule has 4 heterocycles. The van der Waals surface area contributed by atoms with Crippen molar-refractivity contribution in [2.75, 3.05) is 0 Å². The van der Waals surface area contributed by atoms with Crippen LogP contribution in [0.15, 0.2) is 109 Å². The molecule has 0 saturated carbocycles. The monoisotopic (exact) mass is 576 g/mol. The van der Waals surface area contributed by atoms with Crippen LogP contribution in [0.4, 0.5) is 0 Å². The quantitative estimate of drug-likeness (QED) is 0.222. The minimum absolute atomic E-state index is 0.322. The molecule has 0 aliphatic carbocycles. The summed E-state index contributed by atoms with van der Waals surface area (Å²) in [6.45, 7) is 0. The molecule has 2 aromatic carbocycles. The summed E-state index contributed by atoms with van der Waals surface area (Å²) in [5.41, 5.74) is 0. The maximum absolute atomic E-state index is 10.0. The highest BCUT2D eigenvalue weighted by Crippen LogP contribution is 2.03. The zero-order chi connectivity index (χ0) is 31.3. The molecule has 0 spiro atoms. The van der Waals surface area contributed by atoms with Crippen molar-refractivity contribution in [1.29, 1.82) is 0 Å². The van der Waals surface area contributed by atoms with E-state index in [1.807, 2.05) is 33.4 Å². The first-order chi connectivity index (χ1) is 19.9. The van der Waals surface area contributed by atoms with Crippen LogP contribution >= 0.6 is 0 Å². The van der Waals surface area contributed by atoms with Crippen LogP contribution in [0.3, 0.4) is 0 Å². The van der Waals surface area contributed by atoms with Crippen molar-refractivity contribution in [3.05, 3.63) is 109 Å². The maximum atomic E-state index is 10.0. The topological polar surface area (TPSA) is 225 Å². The Bertz CT molecular complexity index is 1180. The van der Waals surface area contributed by atoms with E-state index in [4.69, 9.17) is 10.2 Å². The van der Waals surface area contributed by atoms with Crippen LogP contribution in [-0.4, -0.2) is 57.5 Å². The number of hydrogen-bond acceptors (Lipinski definition) is 10. The summed E-state index contributed by atoms with van der Waals surface area (Å²) >= 11 is 0. The van der Waals surface area contributed by atoms with Crippen LogP contribution < -0.4 is 21.3 Å². The normalized spacial score (nSPS) is 14.7. The molecule has 0 aromatic heterocycles. The molecule has 0 bridgehead atoms. The van der Waals surface area contributed by atoms with Gasteiger partial charge in [-0.25, -0.2) is 0 Å². The van der Waals surface area contributed by atoms with Gasteiger partial charge in [-0.1, -0.05) is 36.4 Å². The second-order valence-electron chi connectivity index (χ2n) is 7.42. The van der Waals surface area contributed by atoms with Crippen LogP contribution in [0.2, 0.25) is 0 Å². The molecular weight excluding hydrogens is 552 g/mol. The van der Waals surface area contributed by atoms with E-state index in [1.54, 1.807) is 48.5 Å². The second kappa shape index (κ2) is 18.8. The Morgan fingerprint density at radius 2 is 0.476 bits per heavy atom. The van der Waals surface area contributed by atoms with Crippen LogP contribution in [0.1, 0.15) is 0 Å². The molecular formula is C28H24N4O10. The lowest BCUT2D eigenvalue weighted by atomic mass is 10.3. The first-order valence-corrected chi connectivity index (χ1v) is 11.5. The molecule has 0 saturated heterocycles. The van der Waals surface area contributed by atoms with Gasteiger partial charge in [0.15, 0.2) is 0 Å². The SMILES string of the molecule is O=C1C=CC(=O)N1.O=C1C=CC(=O)N1.O=C1C=CC(=O)N1.O=C1C=CC(=O)N1.Oc1ccccc1.Oc1ccccc1. The molecule has 42 heavy (non-hydrogen) atoms. The van der Waals surface area contributed by atoms with Crippen molar-refractivity contribution >= 4 is 47.3 Å². The second-order valence-corrected chi connectivity index (χ2v) is 7.42. The van der Waals surface area contributed by atoms with Crippen LogP contribution in [0, 0.1) is 0 Å². The summed E-state index contributed by atoms with van der Waals surface area (Å²) in [5.74, 6) is -1.99. The average Bonchev–Trinajstić information content (AvgIpc) is 3.73. The van der Waals surface area contributed by atoms with E-state index in [0.29, 0.717) is 11.5 Å². The minimum atomic E-state index is -0.329. The molecule has 4 aliphatic rings. The summed E-state index contributed by atoms with van der Waals surface area (Å²) < 4.78 is 0. The van der Waals surface area contributed by atoms with Gasteiger partial charge in [0.05, 0.1) is 0 Å². The number of nitrogens with one attached hydrogen (secondary N) is 4. The lowest BCUT2D eigenvalue weighted by Gasteiger charge is -1.82. The van der Waals surface area contributed by atoms with Gasteiger partial charge in [0.25, 0.3) is 47.3 Å². The number of phenols is 2. The summed E-state index contributed by atoms with van der Waals surface area (Å²) in [4.78, 5) is 80.3. The number of amides is 8.